The van der Waals surface area contributed by atoms with Crippen molar-refractivity contribution in [3.05, 3.63) is 35.4 Å². The van der Waals surface area contributed by atoms with Crippen molar-refractivity contribution >= 4 is 0 Å². The van der Waals surface area contributed by atoms with Crippen molar-refractivity contribution in [2.75, 3.05) is 13.6 Å². The third-order valence-corrected chi connectivity index (χ3v) is 3.71. The van der Waals surface area contributed by atoms with Gasteiger partial charge in [0.2, 0.25) is 0 Å². The molecule has 0 radical (unpaired) electrons. The molecular formula is C15H25N. The van der Waals surface area contributed by atoms with Crippen molar-refractivity contribution in [1.82, 2.24) is 5.32 Å². The highest BCUT2D eigenvalue weighted by atomic mass is 14.8. The SMILES string of the molecule is CCC(CC)(CNC)Cc1cccc(C)c1. The van der Waals surface area contributed by atoms with Gasteiger partial charge in [0.25, 0.3) is 0 Å². The minimum atomic E-state index is 0.419. The quantitative estimate of drug-likeness (QED) is 0.771. The second-order valence-corrected chi connectivity index (χ2v) is 4.90. The molecule has 0 aliphatic heterocycles. The summed E-state index contributed by atoms with van der Waals surface area (Å²) in [7, 11) is 2.05. The number of rotatable bonds is 6. The molecular weight excluding hydrogens is 194 g/mol. The van der Waals surface area contributed by atoms with E-state index in [9.17, 15) is 0 Å². The Morgan fingerprint density at radius 2 is 1.88 bits per heavy atom. The van der Waals surface area contributed by atoms with Crippen molar-refractivity contribution in [2.45, 2.75) is 40.0 Å². The lowest BCUT2D eigenvalue weighted by Crippen LogP contribution is -2.33. The molecule has 0 aromatic heterocycles. The minimum absolute atomic E-state index is 0.419. The van der Waals surface area contributed by atoms with E-state index >= 15 is 0 Å². The van der Waals surface area contributed by atoms with Gasteiger partial charge in [0.05, 0.1) is 0 Å². The molecule has 16 heavy (non-hydrogen) atoms. The first-order valence-electron chi connectivity index (χ1n) is 6.36. The highest BCUT2D eigenvalue weighted by Crippen LogP contribution is 2.30. The molecule has 1 aromatic carbocycles. The van der Waals surface area contributed by atoms with E-state index < -0.39 is 0 Å². The van der Waals surface area contributed by atoms with Gasteiger partial charge in [-0.05, 0) is 44.2 Å². The topological polar surface area (TPSA) is 12.0 Å². The number of hydrogen-bond acceptors (Lipinski definition) is 1. The van der Waals surface area contributed by atoms with Gasteiger partial charge in [-0.15, -0.1) is 0 Å². The molecule has 0 unspecified atom stereocenters. The van der Waals surface area contributed by atoms with E-state index in [4.69, 9.17) is 0 Å². The Labute approximate surface area is 100 Å². The molecule has 0 spiro atoms. The van der Waals surface area contributed by atoms with Crippen LogP contribution in [0.4, 0.5) is 0 Å². The lowest BCUT2D eigenvalue weighted by atomic mass is 9.77. The Kier molecular flexibility index (Phi) is 5.01. The lowest BCUT2D eigenvalue weighted by molar-refractivity contribution is 0.253. The van der Waals surface area contributed by atoms with Crippen LogP contribution in [0, 0.1) is 12.3 Å². The molecule has 0 bridgehead atoms. The maximum atomic E-state index is 3.35. The molecule has 1 aromatic rings. The van der Waals surface area contributed by atoms with Crippen LogP contribution < -0.4 is 5.32 Å². The number of nitrogens with one attached hydrogen (secondary N) is 1. The average Bonchev–Trinajstić information content (AvgIpc) is 2.28. The number of aryl methyl sites for hydroxylation is 1. The van der Waals surface area contributed by atoms with Crippen molar-refractivity contribution in [2.24, 2.45) is 5.41 Å². The summed E-state index contributed by atoms with van der Waals surface area (Å²) < 4.78 is 0. The van der Waals surface area contributed by atoms with Crippen LogP contribution in [0.1, 0.15) is 37.8 Å². The molecule has 0 fully saturated rings. The van der Waals surface area contributed by atoms with Crippen LogP contribution in [0.3, 0.4) is 0 Å². The summed E-state index contributed by atoms with van der Waals surface area (Å²) in [5.74, 6) is 0. The Morgan fingerprint density at radius 3 is 2.38 bits per heavy atom. The maximum absolute atomic E-state index is 3.35. The molecule has 90 valence electrons. The molecule has 1 heteroatoms. The first kappa shape index (κ1) is 13.2. The van der Waals surface area contributed by atoms with Crippen LogP contribution in [0.15, 0.2) is 24.3 Å². The Hall–Kier alpha value is -0.820. The van der Waals surface area contributed by atoms with E-state index in [1.54, 1.807) is 0 Å². The molecule has 0 aliphatic carbocycles. The zero-order chi connectivity index (χ0) is 12.0. The average molecular weight is 219 g/mol. The summed E-state index contributed by atoms with van der Waals surface area (Å²) in [6.07, 6.45) is 3.65. The summed E-state index contributed by atoms with van der Waals surface area (Å²) in [6.45, 7) is 7.88. The molecule has 0 saturated carbocycles. The van der Waals surface area contributed by atoms with Crippen LogP contribution in [0.2, 0.25) is 0 Å². The predicted molar refractivity (Wildman–Crippen MR) is 71.8 cm³/mol. The van der Waals surface area contributed by atoms with Crippen molar-refractivity contribution in [3.63, 3.8) is 0 Å². The first-order chi connectivity index (χ1) is 7.65. The normalized spacial score (nSPS) is 11.8. The molecule has 0 aliphatic rings. The van der Waals surface area contributed by atoms with Crippen LogP contribution in [0.5, 0.6) is 0 Å². The Balaban J connectivity index is 2.82. The second kappa shape index (κ2) is 6.05. The van der Waals surface area contributed by atoms with E-state index in [2.05, 4.69) is 57.4 Å². The molecule has 0 amide bonds. The smallest absolute Gasteiger partial charge is 0.000779 e. The van der Waals surface area contributed by atoms with Gasteiger partial charge in [0, 0.05) is 6.54 Å². The van der Waals surface area contributed by atoms with E-state index in [1.807, 2.05) is 0 Å². The van der Waals surface area contributed by atoms with Gasteiger partial charge in [0.1, 0.15) is 0 Å². The summed E-state index contributed by atoms with van der Waals surface area (Å²) in [6, 6.07) is 8.90. The molecule has 0 saturated heterocycles. The van der Waals surface area contributed by atoms with Gasteiger partial charge >= 0.3 is 0 Å². The van der Waals surface area contributed by atoms with Crippen LogP contribution in [0.25, 0.3) is 0 Å². The van der Waals surface area contributed by atoms with Gasteiger partial charge in [-0.3, -0.25) is 0 Å². The van der Waals surface area contributed by atoms with Crippen LogP contribution in [-0.4, -0.2) is 13.6 Å². The number of hydrogen-bond donors (Lipinski definition) is 1. The minimum Gasteiger partial charge on any atom is -0.319 e. The highest BCUT2D eigenvalue weighted by molar-refractivity contribution is 5.23. The van der Waals surface area contributed by atoms with Crippen LogP contribution in [-0.2, 0) is 6.42 Å². The molecule has 0 heterocycles. The van der Waals surface area contributed by atoms with Gasteiger partial charge in [-0.25, -0.2) is 0 Å². The van der Waals surface area contributed by atoms with Gasteiger partial charge in [-0.1, -0.05) is 43.7 Å². The van der Waals surface area contributed by atoms with Crippen molar-refractivity contribution < 1.29 is 0 Å². The fourth-order valence-corrected chi connectivity index (χ4v) is 2.44. The molecule has 1 N–H and O–H groups in total. The highest BCUT2D eigenvalue weighted by Gasteiger charge is 2.25. The monoisotopic (exact) mass is 219 g/mol. The summed E-state index contributed by atoms with van der Waals surface area (Å²) >= 11 is 0. The number of benzene rings is 1. The Bertz CT molecular complexity index is 313. The third kappa shape index (κ3) is 3.34. The van der Waals surface area contributed by atoms with E-state index in [0.29, 0.717) is 5.41 Å². The molecule has 0 atom stereocenters. The second-order valence-electron chi connectivity index (χ2n) is 4.90. The maximum Gasteiger partial charge on any atom is 0.000779 e. The Morgan fingerprint density at radius 1 is 1.19 bits per heavy atom. The van der Waals surface area contributed by atoms with E-state index in [1.165, 1.54) is 30.4 Å². The van der Waals surface area contributed by atoms with Gasteiger partial charge in [0.15, 0.2) is 0 Å². The summed E-state index contributed by atoms with van der Waals surface area (Å²) in [4.78, 5) is 0. The standard InChI is InChI=1S/C15H25N/c1-5-15(6-2,12-16-4)11-14-9-7-8-13(3)10-14/h7-10,16H,5-6,11-12H2,1-4H3. The largest absolute Gasteiger partial charge is 0.319 e. The van der Waals surface area contributed by atoms with Crippen molar-refractivity contribution in [1.29, 1.82) is 0 Å². The zero-order valence-corrected chi connectivity index (χ0v) is 11.1. The van der Waals surface area contributed by atoms with Crippen LogP contribution >= 0.6 is 0 Å². The third-order valence-electron chi connectivity index (χ3n) is 3.71. The van der Waals surface area contributed by atoms with Crippen molar-refractivity contribution in [3.8, 4) is 0 Å². The molecule has 1 rings (SSSR count). The van der Waals surface area contributed by atoms with Gasteiger partial charge in [-0.2, -0.15) is 0 Å². The predicted octanol–water partition coefficient (Wildman–Crippen LogP) is 3.56. The van der Waals surface area contributed by atoms with Gasteiger partial charge < -0.3 is 5.32 Å². The zero-order valence-electron chi connectivity index (χ0n) is 11.1. The fourth-order valence-electron chi connectivity index (χ4n) is 2.44. The summed E-state index contributed by atoms with van der Waals surface area (Å²) in [5, 5.41) is 3.35. The lowest BCUT2D eigenvalue weighted by Gasteiger charge is -2.32. The van der Waals surface area contributed by atoms with E-state index in [0.717, 1.165) is 6.54 Å². The molecule has 1 nitrogen and oxygen atoms in total. The first-order valence-corrected chi connectivity index (χ1v) is 6.36. The summed E-state index contributed by atoms with van der Waals surface area (Å²) in [5.41, 5.74) is 3.25. The van der Waals surface area contributed by atoms with E-state index in [-0.39, 0.29) is 0 Å². The fraction of sp³-hybridized carbons (Fsp3) is 0.600.